The van der Waals surface area contributed by atoms with Crippen LogP contribution < -0.4 is 5.32 Å². The Bertz CT molecular complexity index is 1150. The van der Waals surface area contributed by atoms with Crippen LogP contribution >= 0.6 is 23.4 Å². The van der Waals surface area contributed by atoms with Gasteiger partial charge in [0.25, 0.3) is 0 Å². The van der Waals surface area contributed by atoms with Gasteiger partial charge in [0.05, 0.1) is 16.5 Å². The number of rotatable bonds is 8. The van der Waals surface area contributed by atoms with Crippen molar-refractivity contribution in [2.45, 2.75) is 44.4 Å². The van der Waals surface area contributed by atoms with Gasteiger partial charge in [0.2, 0.25) is 11.8 Å². The van der Waals surface area contributed by atoms with Gasteiger partial charge in [-0.3, -0.25) is 9.59 Å². The SMILES string of the molecule is CCn1c(CCC(=O)Nc2ccccc2Cl)nnc1SCC(=O)N1CCc2ccccc2C1. The molecule has 0 fully saturated rings. The number of anilines is 1. The third-order valence-electron chi connectivity index (χ3n) is 5.64. The highest BCUT2D eigenvalue weighted by molar-refractivity contribution is 7.99. The molecule has 0 aliphatic carbocycles. The molecule has 0 radical (unpaired) electrons. The average molecular weight is 484 g/mol. The van der Waals surface area contributed by atoms with Crippen LogP contribution in [-0.2, 0) is 35.5 Å². The van der Waals surface area contributed by atoms with Crippen LogP contribution in [0.1, 0.15) is 30.3 Å². The number of aryl methyl sites for hydroxylation is 1. The van der Waals surface area contributed by atoms with E-state index in [-0.39, 0.29) is 18.2 Å². The number of carbonyl (C=O) groups excluding carboxylic acids is 2. The zero-order chi connectivity index (χ0) is 23.2. The van der Waals surface area contributed by atoms with Gasteiger partial charge in [-0.1, -0.05) is 59.8 Å². The van der Waals surface area contributed by atoms with Gasteiger partial charge in [-0.25, -0.2) is 0 Å². The second-order valence-corrected chi connectivity index (χ2v) is 9.14. The van der Waals surface area contributed by atoms with Crippen molar-refractivity contribution >= 4 is 40.9 Å². The zero-order valence-corrected chi connectivity index (χ0v) is 20.0. The summed E-state index contributed by atoms with van der Waals surface area (Å²) in [4.78, 5) is 27.0. The molecule has 172 valence electrons. The summed E-state index contributed by atoms with van der Waals surface area (Å²) >= 11 is 7.50. The molecule has 33 heavy (non-hydrogen) atoms. The number of nitrogens with one attached hydrogen (secondary N) is 1. The summed E-state index contributed by atoms with van der Waals surface area (Å²) in [6.07, 6.45) is 1.60. The van der Waals surface area contributed by atoms with Crippen LogP contribution in [0.3, 0.4) is 0 Å². The number of benzene rings is 2. The van der Waals surface area contributed by atoms with Gasteiger partial charge in [0, 0.05) is 32.5 Å². The molecule has 7 nitrogen and oxygen atoms in total. The Balaban J connectivity index is 1.31. The fourth-order valence-corrected chi connectivity index (χ4v) is 4.96. The first-order chi connectivity index (χ1) is 16.0. The summed E-state index contributed by atoms with van der Waals surface area (Å²) in [6, 6.07) is 15.4. The van der Waals surface area contributed by atoms with Crippen LogP contribution in [0.25, 0.3) is 0 Å². The first-order valence-corrected chi connectivity index (χ1v) is 12.3. The zero-order valence-electron chi connectivity index (χ0n) is 18.5. The molecule has 0 saturated carbocycles. The Kier molecular flexibility index (Phi) is 7.67. The van der Waals surface area contributed by atoms with Crippen LogP contribution in [0.5, 0.6) is 0 Å². The number of halogens is 1. The number of hydrogen-bond acceptors (Lipinski definition) is 5. The van der Waals surface area contributed by atoms with Crippen molar-refractivity contribution in [3.05, 3.63) is 70.5 Å². The molecule has 2 heterocycles. The second-order valence-electron chi connectivity index (χ2n) is 7.79. The van der Waals surface area contributed by atoms with Crippen molar-refractivity contribution in [3.8, 4) is 0 Å². The number of aromatic nitrogens is 3. The molecule has 4 rings (SSSR count). The van der Waals surface area contributed by atoms with E-state index in [2.05, 4.69) is 27.6 Å². The lowest BCUT2D eigenvalue weighted by molar-refractivity contribution is -0.129. The first-order valence-electron chi connectivity index (χ1n) is 11.0. The third-order valence-corrected chi connectivity index (χ3v) is 6.92. The average Bonchev–Trinajstić information content (AvgIpc) is 3.24. The Hall–Kier alpha value is -2.84. The van der Waals surface area contributed by atoms with Crippen molar-refractivity contribution in [2.24, 2.45) is 0 Å². The van der Waals surface area contributed by atoms with Crippen molar-refractivity contribution in [3.63, 3.8) is 0 Å². The Morgan fingerprint density at radius 2 is 1.85 bits per heavy atom. The topological polar surface area (TPSA) is 80.1 Å². The summed E-state index contributed by atoms with van der Waals surface area (Å²) < 4.78 is 1.96. The normalized spacial score (nSPS) is 13.0. The lowest BCUT2D eigenvalue weighted by atomic mass is 10.00. The van der Waals surface area contributed by atoms with Gasteiger partial charge in [-0.15, -0.1) is 10.2 Å². The van der Waals surface area contributed by atoms with E-state index in [9.17, 15) is 9.59 Å². The molecule has 2 amide bonds. The van der Waals surface area contributed by atoms with E-state index >= 15 is 0 Å². The van der Waals surface area contributed by atoms with E-state index in [4.69, 9.17) is 11.6 Å². The number of nitrogens with zero attached hydrogens (tertiary/aromatic N) is 4. The van der Waals surface area contributed by atoms with E-state index in [0.29, 0.717) is 41.1 Å². The van der Waals surface area contributed by atoms with Crippen molar-refractivity contribution in [2.75, 3.05) is 17.6 Å². The van der Waals surface area contributed by atoms with Crippen LogP contribution in [0.4, 0.5) is 5.69 Å². The molecular formula is C24H26ClN5O2S. The first kappa shape index (κ1) is 23.3. The summed E-state index contributed by atoms with van der Waals surface area (Å²) in [6.45, 7) is 4.07. The van der Waals surface area contributed by atoms with Gasteiger partial charge >= 0.3 is 0 Å². The predicted octanol–water partition coefficient (Wildman–Crippen LogP) is 4.20. The number of fused-ring (bicyclic) bond motifs is 1. The van der Waals surface area contributed by atoms with Crippen LogP contribution in [0.15, 0.2) is 53.7 Å². The number of amides is 2. The maximum absolute atomic E-state index is 12.8. The summed E-state index contributed by atoms with van der Waals surface area (Å²) in [5, 5.41) is 12.6. The Morgan fingerprint density at radius 1 is 1.09 bits per heavy atom. The molecule has 1 aliphatic heterocycles. The van der Waals surface area contributed by atoms with Gasteiger partial charge in [-0.2, -0.15) is 0 Å². The molecule has 2 aromatic carbocycles. The largest absolute Gasteiger partial charge is 0.337 e. The molecule has 9 heteroatoms. The fourth-order valence-electron chi connectivity index (χ4n) is 3.86. The van der Waals surface area contributed by atoms with E-state index in [1.807, 2.05) is 40.7 Å². The molecular weight excluding hydrogens is 458 g/mol. The van der Waals surface area contributed by atoms with Gasteiger partial charge in [-0.05, 0) is 36.6 Å². The number of para-hydroxylation sites is 1. The molecule has 1 aliphatic rings. The number of carbonyl (C=O) groups is 2. The third kappa shape index (κ3) is 5.75. The van der Waals surface area contributed by atoms with E-state index in [1.165, 1.54) is 22.9 Å². The second kappa shape index (κ2) is 10.9. The van der Waals surface area contributed by atoms with E-state index in [0.717, 1.165) is 18.8 Å². The minimum Gasteiger partial charge on any atom is -0.337 e. The van der Waals surface area contributed by atoms with Crippen LogP contribution in [-0.4, -0.2) is 43.8 Å². The highest BCUT2D eigenvalue weighted by Gasteiger charge is 2.21. The van der Waals surface area contributed by atoms with Crippen molar-refractivity contribution < 1.29 is 9.59 Å². The van der Waals surface area contributed by atoms with Gasteiger partial charge < -0.3 is 14.8 Å². The monoisotopic (exact) mass is 483 g/mol. The Morgan fingerprint density at radius 3 is 2.64 bits per heavy atom. The molecule has 3 aromatic rings. The number of thioether (sulfide) groups is 1. The quantitative estimate of drug-likeness (QED) is 0.486. The lowest BCUT2D eigenvalue weighted by Gasteiger charge is -2.28. The standard InChI is InChI=1S/C24H26ClN5O2S/c1-2-30-21(11-12-22(31)26-20-10-6-5-9-19(20)25)27-28-24(30)33-16-23(32)29-14-13-17-7-3-4-8-18(17)15-29/h3-10H,2,11-16H2,1H3,(H,26,31). The number of hydrogen-bond donors (Lipinski definition) is 1. The molecule has 1 aromatic heterocycles. The van der Waals surface area contributed by atoms with Gasteiger partial charge in [0.1, 0.15) is 5.82 Å². The minimum absolute atomic E-state index is 0.0980. The smallest absolute Gasteiger partial charge is 0.233 e. The molecule has 1 N–H and O–H groups in total. The van der Waals surface area contributed by atoms with Crippen LogP contribution in [0.2, 0.25) is 5.02 Å². The van der Waals surface area contributed by atoms with E-state index < -0.39 is 0 Å². The minimum atomic E-state index is -0.136. The fraction of sp³-hybridized carbons (Fsp3) is 0.333. The molecule has 0 spiro atoms. The summed E-state index contributed by atoms with van der Waals surface area (Å²) in [5.41, 5.74) is 3.13. The van der Waals surface area contributed by atoms with Crippen molar-refractivity contribution in [1.82, 2.24) is 19.7 Å². The van der Waals surface area contributed by atoms with Gasteiger partial charge in [0.15, 0.2) is 5.16 Å². The predicted molar refractivity (Wildman–Crippen MR) is 130 cm³/mol. The van der Waals surface area contributed by atoms with Crippen molar-refractivity contribution in [1.29, 1.82) is 0 Å². The summed E-state index contributed by atoms with van der Waals surface area (Å²) in [5.74, 6) is 1.01. The summed E-state index contributed by atoms with van der Waals surface area (Å²) in [7, 11) is 0. The molecule has 0 bridgehead atoms. The maximum Gasteiger partial charge on any atom is 0.233 e. The highest BCUT2D eigenvalue weighted by Crippen LogP contribution is 2.23. The molecule has 0 unspecified atom stereocenters. The van der Waals surface area contributed by atoms with E-state index in [1.54, 1.807) is 12.1 Å². The molecule has 0 saturated heterocycles. The van der Waals surface area contributed by atoms with Crippen LogP contribution in [0, 0.1) is 0 Å². The highest BCUT2D eigenvalue weighted by atomic mass is 35.5. The Labute approximate surface area is 202 Å². The molecule has 0 atom stereocenters. The lowest BCUT2D eigenvalue weighted by Crippen LogP contribution is -2.37. The maximum atomic E-state index is 12.8.